The van der Waals surface area contributed by atoms with E-state index in [0.29, 0.717) is 30.6 Å². The van der Waals surface area contributed by atoms with Gasteiger partial charge in [-0.2, -0.15) is 0 Å². The van der Waals surface area contributed by atoms with Gasteiger partial charge in [0.2, 0.25) is 0 Å². The minimum atomic E-state index is -1.33. The van der Waals surface area contributed by atoms with E-state index in [1.54, 1.807) is 13.8 Å². The van der Waals surface area contributed by atoms with Crippen molar-refractivity contribution in [3.05, 3.63) is 36.5 Å². The summed E-state index contributed by atoms with van der Waals surface area (Å²) in [6.45, 7) is 18.3. The Bertz CT molecular complexity index is 502. The van der Waals surface area contributed by atoms with Gasteiger partial charge in [0.1, 0.15) is 13.2 Å². The number of ether oxygens (including phenoxy) is 5. The van der Waals surface area contributed by atoms with Crippen molar-refractivity contribution >= 4 is 11.9 Å². The predicted octanol–water partition coefficient (Wildman–Crippen LogP) is 3.30. The summed E-state index contributed by atoms with van der Waals surface area (Å²) in [5, 5.41) is 0. The highest BCUT2D eigenvalue weighted by atomic mass is 16.9. The molecule has 0 aliphatic heterocycles. The monoisotopic (exact) mass is 384 g/mol. The van der Waals surface area contributed by atoms with Gasteiger partial charge in [-0.1, -0.05) is 25.7 Å². The predicted molar refractivity (Wildman–Crippen MR) is 102 cm³/mol. The molecule has 0 saturated carbocycles. The molecule has 0 N–H and O–H groups in total. The highest BCUT2D eigenvalue weighted by Crippen LogP contribution is 2.21. The van der Waals surface area contributed by atoms with Crippen molar-refractivity contribution in [3.63, 3.8) is 0 Å². The molecule has 0 unspecified atom stereocenters. The maximum absolute atomic E-state index is 11.4. The number of carbonyl (C=O) groups excluding carboxylic acids is 2. The Morgan fingerprint density at radius 3 is 1.48 bits per heavy atom. The minimum Gasteiger partial charge on any atom is -0.460 e. The first-order chi connectivity index (χ1) is 12.6. The lowest BCUT2D eigenvalue weighted by molar-refractivity contribution is -0.383. The fourth-order valence-electron chi connectivity index (χ4n) is 1.72. The van der Waals surface area contributed by atoms with Gasteiger partial charge in [-0.3, -0.25) is 0 Å². The first-order valence-electron chi connectivity index (χ1n) is 8.85. The van der Waals surface area contributed by atoms with Crippen LogP contribution in [0.15, 0.2) is 36.5 Å². The fraction of sp³-hybridized carbons (Fsp3) is 0.600. The molecule has 0 amide bonds. The van der Waals surface area contributed by atoms with E-state index in [0.717, 1.165) is 5.57 Å². The van der Waals surface area contributed by atoms with Crippen LogP contribution in [0.1, 0.15) is 40.5 Å². The Morgan fingerprint density at radius 2 is 1.15 bits per heavy atom. The molecule has 0 spiro atoms. The number of rotatable bonds is 15. The lowest BCUT2D eigenvalue weighted by atomic mass is 10.2. The molecule has 7 heteroatoms. The molecular weight excluding hydrogens is 352 g/mol. The number of hydrogen-bond donors (Lipinski definition) is 0. The van der Waals surface area contributed by atoms with Crippen molar-refractivity contribution in [2.24, 2.45) is 0 Å². The molecule has 0 aromatic carbocycles. The molecule has 0 bridgehead atoms. The van der Waals surface area contributed by atoms with Crippen molar-refractivity contribution < 1.29 is 33.3 Å². The van der Waals surface area contributed by atoms with Gasteiger partial charge in [-0.05, 0) is 27.2 Å². The van der Waals surface area contributed by atoms with Crippen molar-refractivity contribution in [3.8, 4) is 0 Å². The van der Waals surface area contributed by atoms with Crippen LogP contribution in [0.4, 0.5) is 0 Å². The van der Waals surface area contributed by atoms with Crippen molar-refractivity contribution in [2.75, 3.05) is 33.0 Å². The molecule has 0 saturated heterocycles. The van der Waals surface area contributed by atoms with E-state index in [2.05, 4.69) is 19.7 Å². The van der Waals surface area contributed by atoms with Crippen molar-refractivity contribution in [1.82, 2.24) is 0 Å². The fourth-order valence-corrected chi connectivity index (χ4v) is 1.72. The average Bonchev–Trinajstić information content (AvgIpc) is 2.60. The second-order valence-electron chi connectivity index (χ2n) is 6.12. The molecule has 154 valence electrons. The van der Waals surface area contributed by atoms with Gasteiger partial charge in [0.25, 0.3) is 5.97 Å². The van der Waals surface area contributed by atoms with Gasteiger partial charge >= 0.3 is 11.9 Å². The number of esters is 2. The molecule has 7 nitrogen and oxygen atoms in total. The third-order valence-electron chi connectivity index (χ3n) is 3.26. The average molecular weight is 384 g/mol. The van der Waals surface area contributed by atoms with Crippen LogP contribution in [0.3, 0.4) is 0 Å². The van der Waals surface area contributed by atoms with Crippen LogP contribution < -0.4 is 0 Å². The molecule has 0 radical (unpaired) electrons. The highest BCUT2D eigenvalue weighted by Gasteiger charge is 2.31. The zero-order valence-electron chi connectivity index (χ0n) is 16.9. The molecular formula is C20H32O7. The van der Waals surface area contributed by atoms with E-state index in [9.17, 15) is 9.59 Å². The molecule has 27 heavy (non-hydrogen) atoms. The van der Waals surface area contributed by atoms with Gasteiger partial charge < -0.3 is 23.7 Å². The summed E-state index contributed by atoms with van der Waals surface area (Å²) in [6.07, 6.45) is 1.02. The van der Waals surface area contributed by atoms with E-state index in [-0.39, 0.29) is 26.4 Å². The molecule has 0 fully saturated rings. The van der Waals surface area contributed by atoms with Crippen molar-refractivity contribution in [1.29, 1.82) is 0 Å². The summed E-state index contributed by atoms with van der Waals surface area (Å²) in [4.78, 5) is 22.8. The largest absolute Gasteiger partial charge is 0.460 e. The lowest BCUT2D eigenvalue weighted by Crippen LogP contribution is -2.41. The Morgan fingerprint density at radius 1 is 0.741 bits per heavy atom. The number of carbonyl (C=O) groups is 2. The SMILES string of the molecule is C=C(C)CCOC(CC)(OCCOC(=O)C(=C)C)OCCOC(=O)C(=C)C. The summed E-state index contributed by atoms with van der Waals surface area (Å²) in [5.41, 5.74) is 1.58. The van der Waals surface area contributed by atoms with Crippen LogP contribution in [0.5, 0.6) is 0 Å². The zero-order chi connectivity index (χ0) is 20.9. The summed E-state index contributed by atoms with van der Waals surface area (Å²) in [5.74, 6) is -2.31. The van der Waals surface area contributed by atoms with E-state index in [4.69, 9.17) is 23.7 Å². The topological polar surface area (TPSA) is 80.3 Å². The van der Waals surface area contributed by atoms with E-state index in [1.165, 1.54) is 0 Å². The van der Waals surface area contributed by atoms with Crippen molar-refractivity contribution in [2.45, 2.75) is 46.5 Å². The Hall–Kier alpha value is -1.96. The summed E-state index contributed by atoms with van der Waals surface area (Å²) < 4.78 is 27.2. The molecule has 0 aromatic rings. The maximum Gasteiger partial charge on any atom is 0.333 e. The summed E-state index contributed by atoms with van der Waals surface area (Å²) in [7, 11) is 0. The molecule has 0 rings (SSSR count). The van der Waals surface area contributed by atoms with Gasteiger partial charge in [-0.15, -0.1) is 6.58 Å². The van der Waals surface area contributed by atoms with Crippen LogP contribution in [0, 0.1) is 0 Å². The van der Waals surface area contributed by atoms with Gasteiger partial charge in [0.15, 0.2) is 0 Å². The molecule has 0 aliphatic rings. The van der Waals surface area contributed by atoms with Crippen LogP contribution in [-0.4, -0.2) is 50.9 Å². The summed E-state index contributed by atoms with van der Waals surface area (Å²) in [6, 6.07) is 0. The number of hydrogen-bond acceptors (Lipinski definition) is 7. The Balaban J connectivity index is 4.63. The zero-order valence-corrected chi connectivity index (χ0v) is 16.9. The maximum atomic E-state index is 11.4. The highest BCUT2D eigenvalue weighted by molar-refractivity contribution is 5.87. The van der Waals surface area contributed by atoms with E-state index in [1.807, 2.05) is 13.8 Å². The third kappa shape index (κ3) is 11.4. The van der Waals surface area contributed by atoms with Crippen LogP contribution in [0.2, 0.25) is 0 Å². The standard InChI is InChI=1S/C20H32O7/c1-8-20(25-10-9-15(2)3,26-13-11-23-18(21)16(4)5)27-14-12-24-19(22)17(6)7/h2,4,6,8-14H2,1,3,5,7H3. The quantitative estimate of drug-likeness (QED) is 0.141. The van der Waals surface area contributed by atoms with E-state index < -0.39 is 17.9 Å². The summed E-state index contributed by atoms with van der Waals surface area (Å²) >= 11 is 0. The van der Waals surface area contributed by atoms with Crippen LogP contribution in [-0.2, 0) is 33.3 Å². The van der Waals surface area contributed by atoms with Gasteiger partial charge in [0, 0.05) is 17.6 Å². The smallest absolute Gasteiger partial charge is 0.333 e. The van der Waals surface area contributed by atoms with Crippen LogP contribution >= 0.6 is 0 Å². The first-order valence-corrected chi connectivity index (χ1v) is 8.85. The minimum absolute atomic E-state index is 0.0330. The van der Waals surface area contributed by atoms with Gasteiger partial charge in [-0.25, -0.2) is 9.59 Å². The third-order valence-corrected chi connectivity index (χ3v) is 3.26. The second kappa shape index (κ2) is 13.2. The lowest BCUT2D eigenvalue weighted by Gasteiger charge is -2.32. The second-order valence-corrected chi connectivity index (χ2v) is 6.12. The van der Waals surface area contributed by atoms with Gasteiger partial charge in [0.05, 0.1) is 19.8 Å². The van der Waals surface area contributed by atoms with Crippen LogP contribution in [0.25, 0.3) is 0 Å². The molecule has 0 aromatic heterocycles. The first kappa shape index (κ1) is 25.0. The molecule has 0 heterocycles. The molecule has 0 aliphatic carbocycles. The Labute approximate surface area is 161 Å². The normalized spacial score (nSPS) is 11.0. The van der Waals surface area contributed by atoms with E-state index >= 15 is 0 Å². The molecule has 0 atom stereocenters. The Kier molecular flexibility index (Phi) is 12.3.